The van der Waals surface area contributed by atoms with Gasteiger partial charge in [-0.15, -0.1) is 0 Å². The first-order chi connectivity index (χ1) is 9.99. The van der Waals surface area contributed by atoms with Crippen molar-refractivity contribution in [3.8, 4) is 0 Å². The third-order valence-corrected chi connectivity index (χ3v) is 2.69. The minimum Gasteiger partial charge on any atom is -0.480 e. The van der Waals surface area contributed by atoms with Crippen LogP contribution in [0.25, 0.3) is 0 Å². The van der Waals surface area contributed by atoms with Crippen LogP contribution in [-0.4, -0.2) is 52.8 Å². The Balaban J connectivity index is 2.07. The Bertz CT molecular complexity index is 500. The molecule has 0 fully saturated rings. The number of hydrogen-bond acceptors (Lipinski definition) is 4. The molecule has 0 saturated carbocycles. The molecule has 116 valence electrons. The lowest BCUT2D eigenvalue weighted by Gasteiger charge is -2.07. The zero-order chi connectivity index (χ0) is 15.7. The van der Waals surface area contributed by atoms with E-state index in [1.165, 1.54) is 0 Å². The summed E-state index contributed by atoms with van der Waals surface area (Å²) in [5.74, 6) is -1.69. The average Bonchev–Trinajstić information content (AvgIpc) is 2.84. The number of aliphatic carboxylic acids is 1. The van der Waals surface area contributed by atoms with E-state index in [0.29, 0.717) is 6.54 Å². The molecule has 1 aromatic rings. The maximum atomic E-state index is 11.4. The van der Waals surface area contributed by atoms with Crippen molar-refractivity contribution in [3.05, 3.63) is 17.5 Å². The lowest BCUT2D eigenvalue weighted by molar-refractivity contribution is -0.137. The maximum absolute atomic E-state index is 11.4. The number of carbonyl (C=O) groups is 3. The van der Waals surface area contributed by atoms with Crippen molar-refractivity contribution in [3.63, 3.8) is 0 Å². The summed E-state index contributed by atoms with van der Waals surface area (Å²) < 4.78 is 0. The fourth-order valence-electron chi connectivity index (χ4n) is 1.57. The summed E-state index contributed by atoms with van der Waals surface area (Å²) in [6.07, 6.45) is 3.29. The molecule has 1 aromatic heterocycles. The van der Waals surface area contributed by atoms with Gasteiger partial charge >= 0.3 is 12.0 Å². The number of urea groups is 1. The van der Waals surface area contributed by atoms with Gasteiger partial charge in [0.15, 0.2) is 0 Å². The predicted octanol–water partition coefficient (Wildman–Crippen LogP) is -0.849. The minimum atomic E-state index is -1.14. The number of hydrogen-bond donors (Lipinski definition) is 5. The number of aromatic nitrogens is 2. The molecule has 0 spiro atoms. The minimum absolute atomic E-state index is 0.264. The lowest BCUT2D eigenvalue weighted by atomic mass is 10.1. The Morgan fingerprint density at radius 1 is 1.24 bits per heavy atom. The summed E-state index contributed by atoms with van der Waals surface area (Å²) in [5, 5.41) is 22.2. The lowest BCUT2D eigenvalue weighted by Crippen LogP contribution is -2.43. The van der Waals surface area contributed by atoms with Crippen molar-refractivity contribution in [2.24, 2.45) is 0 Å². The summed E-state index contributed by atoms with van der Waals surface area (Å²) in [6.45, 7) is 1.66. The molecule has 3 amide bonds. The zero-order valence-electron chi connectivity index (χ0n) is 11.7. The summed E-state index contributed by atoms with van der Waals surface area (Å²) in [7, 11) is 0. The molecule has 0 aliphatic carbocycles. The van der Waals surface area contributed by atoms with E-state index >= 15 is 0 Å². The van der Waals surface area contributed by atoms with Crippen LogP contribution in [0.1, 0.15) is 17.7 Å². The number of aromatic amines is 1. The number of nitrogens with zero attached hydrogens (tertiary/aromatic N) is 1. The average molecular weight is 297 g/mol. The van der Waals surface area contributed by atoms with E-state index in [1.54, 1.807) is 6.20 Å². The van der Waals surface area contributed by atoms with Crippen molar-refractivity contribution < 1.29 is 19.5 Å². The van der Waals surface area contributed by atoms with Crippen LogP contribution in [0.15, 0.2) is 6.20 Å². The Morgan fingerprint density at radius 2 is 2.00 bits per heavy atom. The van der Waals surface area contributed by atoms with Gasteiger partial charge in [-0.25, -0.2) is 4.79 Å². The van der Waals surface area contributed by atoms with Crippen LogP contribution in [0, 0.1) is 6.92 Å². The molecular weight excluding hydrogens is 278 g/mol. The topological polar surface area (TPSA) is 136 Å². The van der Waals surface area contributed by atoms with Gasteiger partial charge in [0.1, 0.15) is 6.54 Å². The molecule has 1 heterocycles. The summed E-state index contributed by atoms with van der Waals surface area (Å²) >= 11 is 0. The van der Waals surface area contributed by atoms with Gasteiger partial charge in [-0.1, -0.05) is 0 Å². The number of nitrogens with one attached hydrogen (secondary N) is 4. The highest BCUT2D eigenvalue weighted by Gasteiger charge is 2.06. The van der Waals surface area contributed by atoms with Crippen LogP contribution >= 0.6 is 0 Å². The number of amides is 3. The number of carboxylic acid groups (broad SMARTS) is 1. The predicted molar refractivity (Wildman–Crippen MR) is 73.7 cm³/mol. The summed E-state index contributed by atoms with van der Waals surface area (Å²) in [5.41, 5.74) is 2.11. The van der Waals surface area contributed by atoms with Gasteiger partial charge in [0.2, 0.25) is 5.91 Å². The van der Waals surface area contributed by atoms with E-state index < -0.39 is 24.5 Å². The van der Waals surface area contributed by atoms with Crippen LogP contribution in [0.2, 0.25) is 0 Å². The smallest absolute Gasteiger partial charge is 0.322 e. The molecule has 0 aliphatic rings. The number of H-pyrrole nitrogens is 1. The van der Waals surface area contributed by atoms with E-state index in [4.69, 9.17) is 5.11 Å². The number of aryl methyl sites for hydroxylation is 2. The van der Waals surface area contributed by atoms with Crippen LogP contribution in [0.3, 0.4) is 0 Å². The van der Waals surface area contributed by atoms with Crippen molar-refractivity contribution in [2.75, 3.05) is 19.6 Å². The van der Waals surface area contributed by atoms with E-state index in [-0.39, 0.29) is 6.54 Å². The molecule has 0 saturated heterocycles. The number of carboxylic acids is 1. The first-order valence-electron chi connectivity index (χ1n) is 6.48. The largest absolute Gasteiger partial charge is 0.480 e. The van der Waals surface area contributed by atoms with Gasteiger partial charge < -0.3 is 21.1 Å². The van der Waals surface area contributed by atoms with Gasteiger partial charge in [-0.2, -0.15) is 5.10 Å². The quantitative estimate of drug-likeness (QED) is 0.398. The summed E-state index contributed by atoms with van der Waals surface area (Å²) in [6, 6.07) is -0.468. The fourth-order valence-corrected chi connectivity index (χ4v) is 1.57. The Hall–Kier alpha value is -2.58. The first kappa shape index (κ1) is 16.5. The standard InChI is InChI=1S/C12H19N5O4/c1-8-9(5-16-17-8)3-2-4-13-12(21)15-6-10(18)14-7-11(19)20/h5H,2-4,6-7H2,1H3,(H,14,18)(H,16,17)(H,19,20)(H2,13,15,21). The van der Waals surface area contributed by atoms with Gasteiger partial charge in [0.05, 0.1) is 12.7 Å². The van der Waals surface area contributed by atoms with Crippen LogP contribution in [0.5, 0.6) is 0 Å². The third-order valence-electron chi connectivity index (χ3n) is 2.69. The SMILES string of the molecule is Cc1[nH]ncc1CCCNC(=O)NCC(=O)NCC(=O)O. The van der Waals surface area contributed by atoms with E-state index in [9.17, 15) is 14.4 Å². The van der Waals surface area contributed by atoms with Crippen molar-refractivity contribution in [2.45, 2.75) is 19.8 Å². The van der Waals surface area contributed by atoms with Gasteiger partial charge in [0, 0.05) is 12.2 Å². The molecule has 0 unspecified atom stereocenters. The second-order valence-corrected chi connectivity index (χ2v) is 4.40. The van der Waals surface area contributed by atoms with E-state index in [0.717, 1.165) is 24.1 Å². The maximum Gasteiger partial charge on any atom is 0.322 e. The molecule has 0 aromatic carbocycles. The highest BCUT2D eigenvalue weighted by molar-refractivity contribution is 5.86. The number of carbonyl (C=O) groups excluding carboxylic acids is 2. The molecule has 9 nitrogen and oxygen atoms in total. The van der Waals surface area contributed by atoms with Gasteiger partial charge in [0.25, 0.3) is 0 Å². The molecule has 9 heteroatoms. The highest BCUT2D eigenvalue weighted by Crippen LogP contribution is 2.04. The molecular formula is C12H19N5O4. The molecule has 0 atom stereocenters. The Morgan fingerprint density at radius 3 is 2.62 bits per heavy atom. The van der Waals surface area contributed by atoms with E-state index in [2.05, 4.69) is 26.1 Å². The van der Waals surface area contributed by atoms with Gasteiger partial charge in [-0.05, 0) is 25.3 Å². The molecule has 21 heavy (non-hydrogen) atoms. The van der Waals surface area contributed by atoms with Gasteiger partial charge in [-0.3, -0.25) is 14.7 Å². The highest BCUT2D eigenvalue weighted by atomic mass is 16.4. The van der Waals surface area contributed by atoms with Crippen molar-refractivity contribution in [1.82, 2.24) is 26.1 Å². The second kappa shape index (κ2) is 8.56. The third kappa shape index (κ3) is 6.95. The van der Waals surface area contributed by atoms with E-state index in [1.807, 2.05) is 6.92 Å². The molecule has 5 N–H and O–H groups in total. The Labute approximate surface area is 121 Å². The fraction of sp³-hybridized carbons (Fsp3) is 0.500. The summed E-state index contributed by atoms with van der Waals surface area (Å²) in [4.78, 5) is 32.7. The molecule has 1 rings (SSSR count). The van der Waals surface area contributed by atoms with Crippen LogP contribution in [0.4, 0.5) is 4.79 Å². The zero-order valence-corrected chi connectivity index (χ0v) is 11.7. The monoisotopic (exact) mass is 297 g/mol. The second-order valence-electron chi connectivity index (χ2n) is 4.40. The normalized spacial score (nSPS) is 9.95. The molecule has 0 bridgehead atoms. The number of rotatable bonds is 8. The van der Waals surface area contributed by atoms with Crippen molar-refractivity contribution in [1.29, 1.82) is 0 Å². The van der Waals surface area contributed by atoms with Crippen LogP contribution < -0.4 is 16.0 Å². The van der Waals surface area contributed by atoms with Crippen LogP contribution in [-0.2, 0) is 16.0 Å². The van der Waals surface area contributed by atoms with Crippen molar-refractivity contribution >= 4 is 17.9 Å². The molecule has 0 aliphatic heterocycles. The molecule has 0 radical (unpaired) electrons. The first-order valence-corrected chi connectivity index (χ1v) is 6.48. The Kier molecular flexibility index (Phi) is 6.72.